The highest BCUT2D eigenvalue weighted by atomic mass is 16.5. The molecule has 1 N–H and O–H groups in total. The highest BCUT2D eigenvalue weighted by Crippen LogP contribution is 2.40. The molecule has 4 aromatic rings. The highest BCUT2D eigenvalue weighted by molar-refractivity contribution is 6.25. The molecule has 33 heavy (non-hydrogen) atoms. The van der Waals surface area contributed by atoms with Crippen LogP contribution in [0.15, 0.2) is 84.9 Å². The zero-order valence-corrected chi connectivity index (χ0v) is 19.2. The summed E-state index contributed by atoms with van der Waals surface area (Å²) in [5.41, 5.74) is 2.47. The van der Waals surface area contributed by atoms with Crippen LogP contribution in [-0.2, 0) is 17.5 Å². The third kappa shape index (κ3) is 3.98. The number of rotatable bonds is 5. The molecule has 1 aliphatic carbocycles. The van der Waals surface area contributed by atoms with Crippen molar-refractivity contribution in [2.75, 3.05) is 0 Å². The summed E-state index contributed by atoms with van der Waals surface area (Å²) in [4.78, 5) is 0. The largest absolute Gasteiger partial charge is 0.416 e. The smallest absolute Gasteiger partial charge is 0.396 e. The van der Waals surface area contributed by atoms with E-state index in [1.165, 1.54) is 64.8 Å². The van der Waals surface area contributed by atoms with Crippen LogP contribution in [0.25, 0.3) is 21.5 Å². The van der Waals surface area contributed by atoms with Gasteiger partial charge in [0.2, 0.25) is 0 Å². The van der Waals surface area contributed by atoms with Gasteiger partial charge in [0.15, 0.2) is 0 Å². The maximum Gasteiger partial charge on any atom is 0.396 e. The molecule has 0 bridgehead atoms. The average molecular weight is 432 g/mol. The second-order valence-electron chi connectivity index (χ2n) is 9.97. The van der Waals surface area contributed by atoms with E-state index < -0.39 is 0 Å². The molecule has 1 heterocycles. The maximum absolute atomic E-state index is 6.68. The van der Waals surface area contributed by atoms with Crippen molar-refractivity contribution in [3.63, 3.8) is 0 Å². The van der Waals surface area contributed by atoms with E-state index >= 15 is 0 Å². The van der Waals surface area contributed by atoms with Gasteiger partial charge < -0.3 is 9.88 Å². The van der Waals surface area contributed by atoms with Gasteiger partial charge in [0.25, 0.3) is 0 Å². The molecule has 1 saturated heterocycles. The fraction of sp³-hybridized carbons (Fsp3) is 0.333. The second kappa shape index (κ2) is 8.97. The first-order valence-corrected chi connectivity index (χ1v) is 12.5. The Balaban J connectivity index is 1.45. The summed E-state index contributed by atoms with van der Waals surface area (Å²) in [6.07, 6.45) is 8.43. The van der Waals surface area contributed by atoms with Gasteiger partial charge in [-0.2, -0.15) is 0 Å². The van der Waals surface area contributed by atoms with Crippen molar-refractivity contribution in [2.24, 2.45) is 5.92 Å². The van der Waals surface area contributed by atoms with Crippen LogP contribution in [0.2, 0.25) is 0 Å². The van der Waals surface area contributed by atoms with E-state index in [-0.39, 0.29) is 5.60 Å². The Hall–Kier alpha value is -2.62. The average Bonchev–Trinajstić information content (AvgIpc) is 3.28. The minimum Gasteiger partial charge on any atom is -0.416 e. The van der Waals surface area contributed by atoms with Crippen LogP contribution in [0, 0.1) is 5.92 Å². The Kier molecular flexibility index (Phi) is 5.69. The fourth-order valence-corrected chi connectivity index (χ4v) is 6.39. The lowest BCUT2D eigenvalue weighted by Gasteiger charge is -2.41. The summed E-state index contributed by atoms with van der Waals surface area (Å²) < 4.78 is 6.68. The zero-order valence-electron chi connectivity index (χ0n) is 19.2. The van der Waals surface area contributed by atoms with Crippen molar-refractivity contribution in [1.82, 2.24) is 5.23 Å². The van der Waals surface area contributed by atoms with Gasteiger partial charge in [0.1, 0.15) is 0 Å². The van der Waals surface area contributed by atoms with Crippen molar-refractivity contribution < 1.29 is 4.65 Å². The molecule has 0 spiro atoms. The topological polar surface area (TPSA) is 21.3 Å². The number of benzene rings is 4. The molecule has 1 unspecified atom stereocenters. The van der Waals surface area contributed by atoms with Gasteiger partial charge in [-0.25, -0.2) is 0 Å². The van der Waals surface area contributed by atoms with Crippen molar-refractivity contribution in [3.8, 4) is 0 Å². The first-order valence-electron chi connectivity index (χ1n) is 12.5. The predicted molar refractivity (Wildman–Crippen MR) is 138 cm³/mol. The molecular weight excluding hydrogens is 401 g/mol. The maximum atomic E-state index is 6.68. The Morgan fingerprint density at radius 3 is 1.85 bits per heavy atom. The predicted octanol–water partition coefficient (Wildman–Crippen LogP) is 6.62. The summed E-state index contributed by atoms with van der Waals surface area (Å²) in [7, 11) is 1.90. The van der Waals surface area contributed by atoms with Crippen molar-refractivity contribution >= 4 is 29.2 Å². The second-order valence-corrected chi connectivity index (χ2v) is 9.97. The van der Waals surface area contributed by atoms with Gasteiger partial charge >= 0.3 is 7.62 Å². The Morgan fingerprint density at radius 2 is 1.24 bits per heavy atom. The molecule has 3 heteroatoms. The van der Waals surface area contributed by atoms with Crippen LogP contribution in [0.4, 0.5) is 0 Å². The van der Waals surface area contributed by atoms with Crippen LogP contribution >= 0.6 is 0 Å². The molecule has 1 aliphatic heterocycles. The zero-order chi connectivity index (χ0) is 22.1. The van der Waals surface area contributed by atoms with Gasteiger partial charge in [-0.1, -0.05) is 104 Å². The Morgan fingerprint density at radius 1 is 0.697 bits per heavy atom. The first kappa shape index (κ1) is 21.0. The van der Waals surface area contributed by atoms with Crippen molar-refractivity contribution in [3.05, 3.63) is 96.1 Å². The normalized spacial score (nSPS) is 20.8. The molecule has 4 aromatic carbocycles. The van der Waals surface area contributed by atoms with Crippen LogP contribution in [0.5, 0.6) is 0 Å². The molecule has 1 radical (unpaired) electrons. The third-order valence-electron chi connectivity index (χ3n) is 7.97. The molecule has 2 nitrogen and oxygen atoms in total. The van der Waals surface area contributed by atoms with Crippen LogP contribution in [0.3, 0.4) is 0 Å². The van der Waals surface area contributed by atoms with Crippen LogP contribution in [-0.4, -0.2) is 19.3 Å². The Bertz CT molecular complexity index is 1170. The molecule has 1 atom stereocenters. The van der Waals surface area contributed by atoms with Gasteiger partial charge in [0.05, 0.1) is 5.60 Å². The SMILES string of the molecule is [B]1NC(C2CCCCC2)C(Cc2cccc3ccccc23)(Cc2cccc3ccccc23)O1. The van der Waals surface area contributed by atoms with Crippen molar-refractivity contribution in [2.45, 2.75) is 56.6 Å². The third-order valence-corrected chi connectivity index (χ3v) is 7.97. The van der Waals surface area contributed by atoms with Gasteiger partial charge in [-0.05, 0) is 51.4 Å². The molecule has 0 amide bonds. The lowest BCUT2D eigenvalue weighted by Crippen LogP contribution is -2.52. The molecular formula is C30H31BNO. The van der Waals surface area contributed by atoms with E-state index in [2.05, 4.69) is 90.2 Å². The highest BCUT2D eigenvalue weighted by Gasteiger charge is 2.48. The van der Waals surface area contributed by atoms with E-state index in [1.807, 2.05) is 7.62 Å². The number of fused-ring (bicyclic) bond motifs is 2. The standard InChI is InChI=1S/C30H31BNO/c1-2-12-24(13-3-1)29-30(33-31-32-29,20-25-16-8-14-22-10-4-6-18-27(22)25)21-26-17-9-15-23-11-5-7-19-28(23)26/h4-11,14-19,24,29,32H,1-3,12-13,20-21H2. The molecule has 0 aromatic heterocycles. The summed E-state index contributed by atoms with van der Waals surface area (Å²) in [6, 6.07) is 31.3. The fourth-order valence-electron chi connectivity index (χ4n) is 6.39. The summed E-state index contributed by atoms with van der Waals surface area (Å²) in [5, 5.41) is 9.00. The summed E-state index contributed by atoms with van der Waals surface area (Å²) in [5.74, 6) is 0.655. The summed E-state index contributed by atoms with van der Waals surface area (Å²) in [6.45, 7) is 0. The molecule has 1 saturated carbocycles. The van der Waals surface area contributed by atoms with E-state index in [1.54, 1.807) is 0 Å². The minimum atomic E-state index is -0.295. The quantitative estimate of drug-likeness (QED) is 0.358. The molecule has 165 valence electrons. The summed E-state index contributed by atoms with van der Waals surface area (Å²) >= 11 is 0. The molecule has 2 fully saturated rings. The number of hydrogen-bond donors (Lipinski definition) is 1. The number of hydrogen-bond acceptors (Lipinski definition) is 2. The minimum absolute atomic E-state index is 0.295. The van der Waals surface area contributed by atoms with Gasteiger partial charge in [-0.15, -0.1) is 0 Å². The van der Waals surface area contributed by atoms with E-state index in [0.29, 0.717) is 12.0 Å². The first-order chi connectivity index (χ1) is 16.3. The van der Waals surface area contributed by atoms with Crippen LogP contribution in [0.1, 0.15) is 43.2 Å². The Labute approximate surface area is 197 Å². The molecule has 6 rings (SSSR count). The van der Waals surface area contributed by atoms with Gasteiger partial charge in [-0.3, -0.25) is 0 Å². The lowest BCUT2D eigenvalue weighted by molar-refractivity contribution is 0.0443. The van der Waals surface area contributed by atoms with E-state index in [9.17, 15) is 0 Å². The van der Waals surface area contributed by atoms with E-state index in [0.717, 1.165) is 12.8 Å². The monoisotopic (exact) mass is 432 g/mol. The van der Waals surface area contributed by atoms with Crippen molar-refractivity contribution in [1.29, 1.82) is 0 Å². The van der Waals surface area contributed by atoms with Crippen LogP contribution < -0.4 is 5.23 Å². The number of nitrogens with one attached hydrogen (secondary N) is 1. The molecule has 2 aliphatic rings. The van der Waals surface area contributed by atoms with Gasteiger partial charge in [0, 0.05) is 18.9 Å². The van der Waals surface area contributed by atoms with E-state index in [4.69, 9.17) is 4.65 Å². The lowest BCUT2D eigenvalue weighted by atomic mass is 9.72.